The molecule has 1 aromatic heterocycles. The van der Waals surface area contributed by atoms with Crippen LogP contribution >= 0.6 is 0 Å². The van der Waals surface area contributed by atoms with Gasteiger partial charge >= 0.3 is 18.4 Å². The number of carbonyl (C=O) groups is 2. The Morgan fingerprint density at radius 3 is 2.28 bits per heavy atom. The van der Waals surface area contributed by atoms with E-state index in [0.717, 1.165) is 30.5 Å². The lowest BCUT2D eigenvalue weighted by atomic mass is 9.86. The van der Waals surface area contributed by atoms with Crippen LogP contribution in [-0.4, -0.2) is 45.6 Å². The first-order valence-electron chi connectivity index (χ1n) is 13.3. The predicted octanol–water partition coefficient (Wildman–Crippen LogP) is 6.12. The largest absolute Gasteiger partial charge is 0.433 e. The van der Waals surface area contributed by atoms with Gasteiger partial charge in [-0.1, -0.05) is 24.3 Å². The Balaban J connectivity index is 1.72. The second-order valence-corrected chi connectivity index (χ2v) is 11.2. The summed E-state index contributed by atoms with van der Waals surface area (Å²) in [6.07, 6.45) is -8.08. The van der Waals surface area contributed by atoms with Gasteiger partial charge in [0, 0.05) is 30.4 Å². The van der Waals surface area contributed by atoms with Crippen LogP contribution in [0.4, 0.5) is 31.1 Å². The maximum absolute atomic E-state index is 13.5. The van der Waals surface area contributed by atoms with Gasteiger partial charge in [0.05, 0.1) is 18.2 Å². The van der Waals surface area contributed by atoms with Gasteiger partial charge in [0.2, 0.25) is 0 Å². The third-order valence-corrected chi connectivity index (χ3v) is 6.89. The fourth-order valence-electron chi connectivity index (χ4n) is 4.84. The minimum absolute atomic E-state index is 0.0293. The van der Waals surface area contributed by atoms with Gasteiger partial charge in [0.25, 0.3) is 5.91 Å². The van der Waals surface area contributed by atoms with Crippen LogP contribution in [0.25, 0.3) is 11.1 Å². The number of aliphatic hydroxyl groups is 1. The lowest BCUT2D eigenvalue weighted by Gasteiger charge is -2.34. The standard InChI is InChI=1S/C30H30F6N4O3/c1-28(2,3)39-27(43)40-12-11-21-20(17-5-4-6-19(13-17)29(31,32)33)8-9-22(23(21)15-40)26(42)38-24(16-41)18-7-10-25(37-14-18)30(34,35)36/h4-10,13-14,24,41H,11-12,15-16H2,1-3H3,(H,38,42)(H,39,43). The van der Waals surface area contributed by atoms with E-state index in [1.165, 1.54) is 29.2 Å². The van der Waals surface area contributed by atoms with E-state index in [1.807, 2.05) is 0 Å². The number of fused-ring (bicyclic) bond motifs is 1. The second kappa shape index (κ2) is 11.9. The molecule has 0 saturated heterocycles. The van der Waals surface area contributed by atoms with Gasteiger partial charge in [-0.3, -0.25) is 9.78 Å². The SMILES string of the molecule is CC(C)(C)NC(=O)N1CCc2c(-c3cccc(C(F)(F)F)c3)ccc(C(=O)NC(CO)c3ccc(C(F)(F)F)nc3)c2C1. The van der Waals surface area contributed by atoms with Crippen molar-refractivity contribution in [2.24, 2.45) is 0 Å². The molecule has 13 heteroatoms. The Morgan fingerprint density at radius 1 is 0.977 bits per heavy atom. The topological polar surface area (TPSA) is 94.6 Å². The molecule has 0 bridgehead atoms. The molecule has 1 aliphatic heterocycles. The molecule has 0 saturated carbocycles. The third kappa shape index (κ3) is 7.45. The Labute approximate surface area is 243 Å². The molecule has 0 spiro atoms. The molecule has 2 aromatic carbocycles. The van der Waals surface area contributed by atoms with Crippen LogP contribution in [0, 0.1) is 0 Å². The van der Waals surface area contributed by atoms with Gasteiger partial charge in [-0.15, -0.1) is 0 Å². The van der Waals surface area contributed by atoms with Crippen molar-refractivity contribution in [1.82, 2.24) is 20.5 Å². The van der Waals surface area contributed by atoms with E-state index >= 15 is 0 Å². The molecule has 4 rings (SSSR count). The van der Waals surface area contributed by atoms with Gasteiger partial charge in [-0.25, -0.2) is 4.79 Å². The highest BCUT2D eigenvalue weighted by Gasteiger charge is 2.34. The van der Waals surface area contributed by atoms with Gasteiger partial charge in [0.15, 0.2) is 0 Å². The summed E-state index contributed by atoms with van der Waals surface area (Å²) < 4.78 is 79.2. The summed E-state index contributed by atoms with van der Waals surface area (Å²) in [5, 5.41) is 15.4. The highest BCUT2D eigenvalue weighted by atomic mass is 19.4. The van der Waals surface area contributed by atoms with Crippen LogP contribution in [0.3, 0.4) is 0 Å². The maximum Gasteiger partial charge on any atom is 0.433 e. The number of carbonyl (C=O) groups excluding carboxylic acids is 2. The highest BCUT2D eigenvalue weighted by molar-refractivity contribution is 5.97. The minimum Gasteiger partial charge on any atom is -0.394 e. The zero-order chi connectivity index (χ0) is 31.7. The summed E-state index contributed by atoms with van der Waals surface area (Å²) in [5.74, 6) is -0.691. The molecule has 1 unspecified atom stereocenters. The number of nitrogens with one attached hydrogen (secondary N) is 2. The monoisotopic (exact) mass is 608 g/mol. The molecule has 1 aliphatic rings. The molecule has 2 heterocycles. The summed E-state index contributed by atoms with van der Waals surface area (Å²) in [6, 6.07) is 8.10. The molecule has 3 aromatic rings. The molecular formula is C30H30F6N4O3. The van der Waals surface area contributed by atoms with E-state index in [1.54, 1.807) is 20.8 Å². The fourth-order valence-corrected chi connectivity index (χ4v) is 4.84. The normalized spacial score (nSPS) is 14.6. The van der Waals surface area contributed by atoms with Crippen molar-refractivity contribution >= 4 is 11.9 Å². The van der Waals surface area contributed by atoms with Crippen molar-refractivity contribution < 1.29 is 41.0 Å². The Kier molecular flexibility index (Phi) is 8.77. The molecule has 0 radical (unpaired) electrons. The van der Waals surface area contributed by atoms with Crippen LogP contribution in [0.1, 0.15) is 65.1 Å². The number of aliphatic hydroxyl groups excluding tert-OH is 1. The number of hydrogen-bond donors (Lipinski definition) is 3. The smallest absolute Gasteiger partial charge is 0.394 e. The Hall–Kier alpha value is -4.13. The van der Waals surface area contributed by atoms with E-state index < -0.39 is 53.7 Å². The van der Waals surface area contributed by atoms with Gasteiger partial charge in [-0.05, 0) is 79.3 Å². The summed E-state index contributed by atoms with van der Waals surface area (Å²) in [7, 11) is 0. The van der Waals surface area contributed by atoms with Gasteiger partial charge in [0.1, 0.15) is 5.69 Å². The molecule has 0 aliphatic carbocycles. The number of hydrogen-bond acceptors (Lipinski definition) is 4. The van der Waals surface area contributed by atoms with Crippen molar-refractivity contribution in [3.63, 3.8) is 0 Å². The fraction of sp³-hybridized carbons (Fsp3) is 0.367. The average molecular weight is 609 g/mol. The van der Waals surface area contributed by atoms with Crippen LogP contribution in [0.15, 0.2) is 54.7 Å². The van der Waals surface area contributed by atoms with Crippen LogP contribution in [0.5, 0.6) is 0 Å². The number of amides is 3. The first-order valence-corrected chi connectivity index (χ1v) is 13.3. The molecule has 0 fully saturated rings. The maximum atomic E-state index is 13.5. The molecule has 1 atom stereocenters. The molecule has 230 valence electrons. The molecule has 3 N–H and O–H groups in total. The van der Waals surface area contributed by atoms with E-state index in [4.69, 9.17) is 0 Å². The van der Waals surface area contributed by atoms with E-state index in [0.29, 0.717) is 16.7 Å². The number of benzene rings is 2. The number of alkyl halides is 6. The Morgan fingerprint density at radius 2 is 1.70 bits per heavy atom. The molecule has 3 amide bonds. The van der Waals surface area contributed by atoms with Crippen molar-refractivity contribution in [1.29, 1.82) is 0 Å². The number of nitrogens with zero attached hydrogens (tertiary/aromatic N) is 2. The summed E-state index contributed by atoms with van der Waals surface area (Å²) in [6.45, 7) is 4.97. The number of halogens is 6. The van der Waals surface area contributed by atoms with E-state index in [-0.39, 0.29) is 36.2 Å². The lowest BCUT2D eigenvalue weighted by molar-refractivity contribution is -0.141. The van der Waals surface area contributed by atoms with Crippen molar-refractivity contribution in [2.45, 2.75) is 57.7 Å². The number of pyridine rings is 1. The van der Waals surface area contributed by atoms with Gasteiger partial charge in [-0.2, -0.15) is 26.3 Å². The highest BCUT2D eigenvalue weighted by Crippen LogP contribution is 2.37. The number of urea groups is 1. The second-order valence-electron chi connectivity index (χ2n) is 11.2. The molecular weight excluding hydrogens is 578 g/mol. The molecule has 43 heavy (non-hydrogen) atoms. The minimum atomic E-state index is -4.66. The summed E-state index contributed by atoms with van der Waals surface area (Å²) >= 11 is 0. The summed E-state index contributed by atoms with van der Waals surface area (Å²) in [5.41, 5.74) is -0.531. The number of rotatable bonds is 5. The van der Waals surface area contributed by atoms with Crippen molar-refractivity contribution in [3.05, 3.63) is 88.2 Å². The van der Waals surface area contributed by atoms with Crippen molar-refractivity contribution in [2.75, 3.05) is 13.2 Å². The van der Waals surface area contributed by atoms with Gasteiger partial charge < -0.3 is 20.6 Å². The molecule has 7 nitrogen and oxygen atoms in total. The first kappa shape index (κ1) is 31.8. The van der Waals surface area contributed by atoms with Crippen LogP contribution in [-0.2, 0) is 25.3 Å². The first-order chi connectivity index (χ1) is 20.0. The summed E-state index contributed by atoms with van der Waals surface area (Å²) in [4.78, 5) is 31.4. The van der Waals surface area contributed by atoms with E-state index in [9.17, 15) is 41.0 Å². The average Bonchev–Trinajstić information content (AvgIpc) is 2.93. The van der Waals surface area contributed by atoms with Crippen molar-refractivity contribution in [3.8, 4) is 11.1 Å². The lowest BCUT2D eigenvalue weighted by Crippen LogP contribution is -2.50. The zero-order valence-electron chi connectivity index (χ0n) is 23.5. The zero-order valence-corrected chi connectivity index (χ0v) is 23.5. The Bertz CT molecular complexity index is 1500. The third-order valence-electron chi connectivity index (χ3n) is 6.89. The predicted molar refractivity (Wildman–Crippen MR) is 146 cm³/mol. The number of aromatic nitrogens is 1. The van der Waals surface area contributed by atoms with Crippen LogP contribution in [0.2, 0.25) is 0 Å². The quantitative estimate of drug-likeness (QED) is 0.305. The van der Waals surface area contributed by atoms with Crippen LogP contribution < -0.4 is 10.6 Å². The van der Waals surface area contributed by atoms with E-state index in [2.05, 4.69) is 15.6 Å².